The van der Waals surface area contributed by atoms with Gasteiger partial charge in [0, 0.05) is 11.5 Å². The molecule has 2 aromatic rings. The molecule has 3 rings (SSSR count). The van der Waals surface area contributed by atoms with Gasteiger partial charge in [-0.3, -0.25) is 0 Å². The summed E-state index contributed by atoms with van der Waals surface area (Å²) in [7, 11) is 0. The Balaban J connectivity index is 1.49. The summed E-state index contributed by atoms with van der Waals surface area (Å²) in [5.41, 5.74) is 3.10. The van der Waals surface area contributed by atoms with E-state index in [-0.39, 0.29) is 11.7 Å². The van der Waals surface area contributed by atoms with Gasteiger partial charge in [0.1, 0.15) is 5.75 Å². The number of allylic oxidation sites excluding steroid dienone is 1. The van der Waals surface area contributed by atoms with E-state index in [1.165, 1.54) is 17.7 Å². The summed E-state index contributed by atoms with van der Waals surface area (Å²) >= 11 is 0. The summed E-state index contributed by atoms with van der Waals surface area (Å²) in [6, 6.07) is 14.1. The first kappa shape index (κ1) is 21.4. The van der Waals surface area contributed by atoms with Gasteiger partial charge in [0.2, 0.25) is 0 Å². The zero-order valence-electron chi connectivity index (χ0n) is 16.2. The molecule has 6 heteroatoms. The standard InChI is InChI=1S/C23H25F3O3/c1-2-3-4-5-6-17-7-9-19(10-8-17)22-27-15-20(16-28-22)18-11-13-21(14-12-18)29-23(24,25)26/h2,7-14,20,22H,1,3-6,15-16H2. The van der Waals surface area contributed by atoms with Crippen molar-refractivity contribution in [2.24, 2.45) is 0 Å². The lowest BCUT2D eigenvalue weighted by Gasteiger charge is -2.30. The Kier molecular flexibility index (Phi) is 7.34. The molecular formula is C23H25F3O3. The third kappa shape index (κ3) is 6.61. The second kappa shape index (κ2) is 9.94. The molecule has 0 spiro atoms. The number of hydrogen-bond acceptors (Lipinski definition) is 3. The summed E-state index contributed by atoms with van der Waals surface area (Å²) < 4.78 is 52.4. The van der Waals surface area contributed by atoms with Crippen LogP contribution < -0.4 is 4.74 Å². The minimum absolute atomic E-state index is 0.0321. The molecule has 0 amide bonds. The highest BCUT2D eigenvalue weighted by atomic mass is 19.4. The third-order valence-electron chi connectivity index (χ3n) is 4.86. The Hall–Kier alpha value is -2.31. The SMILES string of the molecule is C=CCCCCc1ccc(C2OCC(c3ccc(OC(F)(F)F)cc3)CO2)cc1. The Morgan fingerprint density at radius 2 is 1.55 bits per heavy atom. The summed E-state index contributed by atoms with van der Waals surface area (Å²) in [5, 5.41) is 0. The lowest BCUT2D eigenvalue weighted by Crippen LogP contribution is -2.25. The van der Waals surface area contributed by atoms with Crippen molar-refractivity contribution in [3.8, 4) is 5.75 Å². The third-order valence-corrected chi connectivity index (χ3v) is 4.86. The first-order chi connectivity index (χ1) is 13.9. The van der Waals surface area contributed by atoms with Crippen molar-refractivity contribution < 1.29 is 27.4 Å². The highest BCUT2D eigenvalue weighted by Crippen LogP contribution is 2.31. The van der Waals surface area contributed by atoms with Gasteiger partial charge in [-0.1, -0.05) is 42.5 Å². The fraction of sp³-hybridized carbons (Fsp3) is 0.391. The molecule has 0 unspecified atom stereocenters. The van der Waals surface area contributed by atoms with E-state index in [2.05, 4.69) is 23.4 Å². The molecule has 0 radical (unpaired) electrons. The van der Waals surface area contributed by atoms with E-state index in [9.17, 15) is 13.2 Å². The van der Waals surface area contributed by atoms with E-state index < -0.39 is 12.7 Å². The summed E-state index contributed by atoms with van der Waals surface area (Å²) in [6.45, 7) is 4.61. The Morgan fingerprint density at radius 1 is 0.931 bits per heavy atom. The Morgan fingerprint density at radius 3 is 2.14 bits per heavy atom. The first-order valence-corrected chi connectivity index (χ1v) is 9.73. The second-order valence-corrected chi connectivity index (χ2v) is 7.09. The van der Waals surface area contributed by atoms with Crippen molar-refractivity contribution in [3.63, 3.8) is 0 Å². The van der Waals surface area contributed by atoms with Crippen LogP contribution in [0.2, 0.25) is 0 Å². The van der Waals surface area contributed by atoms with Crippen molar-refractivity contribution in [1.82, 2.24) is 0 Å². The topological polar surface area (TPSA) is 27.7 Å². The Labute approximate surface area is 169 Å². The van der Waals surface area contributed by atoms with Crippen LogP contribution in [0.4, 0.5) is 13.2 Å². The zero-order valence-corrected chi connectivity index (χ0v) is 16.2. The van der Waals surface area contributed by atoms with Gasteiger partial charge in [0.25, 0.3) is 0 Å². The van der Waals surface area contributed by atoms with E-state index in [0.29, 0.717) is 13.2 Å². The molecule has 1 saturated heterocycles. The van der Waals surface area contributed by atoms with Crippen LogP contribution in [0.5, 0.6) is 5.75 Å². The quantitative estimate of drug-likeness (QED) is 0.380. The van der Waals surface area contributed by atoms with Gasteiger partial charge in [-0.2, -0.15) is 0 Å². The van der Waals surface area contributed by atoms with Crippen molar-refractivity contribution in [2.45, 2.75) is 44.3 Å². The van der Waals surface area contributed by atoms with Crippen molar-refractivity contribution >= 4 is 0 Å². The van der Waals surface area contributed by atoms with E-state index in [4.69, 9.17) is 9.47 Å². The number of halogens is 3. The number of rotatable bonds is 8. The van der Waals surface area contributed by atoms with Gasteiger partial charge in [-0.15, -0.1) is 19.8 Å². The normalized spacial score (nSPS) is 19.7. The summed E-state index contributed by atoms with van der Waals surface area (Å²) in [5.74, 6) is -0.267. The number of alkyl halides is 3. The first-order valence-electron chi connectivity index (χ1n) is 9.73. The maximum atomic E-state index is 12.3. The molecule has 3 nitrogen and oxygen atoms in total. The van der Waals surface area contributed by atoms with Crippen LogP contribution in [0.1, 0.15) is 48.2 Å². The molecule has 156 valence electrons. The molecule has 0 N–H and O–H groups in total. The minimum atomic E-state index is -4.69. The van der Waals surface area contributed by atoms with Gasteiger partial charge in [0.15, 0.2) is 6.29 Å². The van der Waals surface area contributed by atoms with Crippen LogP contribution in [0.3, 0.4) is 0 Å². The molecular weight excluding hydrogens is 381 g/mol. The summed E-state index contributed by atoms with van der Waals surface area (Å²) in [6.07, 6.45) is 1.19. The monoisotopic (exact) mass is 406 g/mol. The molecule has 0 atom stereocenters. The van der Waals surface area contributed by atoms with E-state index in [1.807, 2.05) is 18.2 Å². The molecule has 0 aromatic heterocycles. The maximum absolute atomic E-state index is 12.3. The molecule has 29 heavy (non-hydrogen) atoms. The van der Waals surface area contributed by atoms with Crippen LogP contribution in [0, 0.1) is 0 Å². The van der Waals surface area contributed by atoms with Gasteiger partial charge < -0.3 is 14.2 Å². The number of aryl methyl sites for hydroxylation is 1. The fourth-order valence-corrected chi connectivity index (χ4v) is 3.29. The second-order valence-electron chi connectivity index (χ2n) is 7.09. The molecule has 1 aliphatic heterocycles. The largest absolute Gasteiger partial charge is 0.573 e. The maximum Gasteiger partial charge on any atom is 0.573 e. The molecule has 0 bridgehead atoms. The van der Waals surface area contributed by atoms with Gasteiger partial charge in [-0.25, -0.2) is 0 Å². The molecule has 1 fully saturated rings. The van der Waals surface area contributed by atoms with E-state index in [0.717, 1.165) is 36.8 Å². The predicted octanol–water partition coefficient (Wildman–Crippen LogP) is 6.31. The number of unbranched alkanes of at least 4 members (excludes halogenated alkanes) is 2. The van der Waals surface area contributed by atoms with Gasteiger partial charge in [0.05, 0.1) is 13.2 Å². The van der Waals surface area contributed by atoms with E-state index in [1.54, 1.807) is 12.1 Å². The molecule has 1 aliphatic rings. The van der Waals surface area contributed by atoms with Crippen molar-refractivity contribution in [2.75, 3.05) is 13.2 Å². The van der Waals surface area contributed by atoms with Crippen molar-refractivity contribution in [3.05, 3.63) is 77.9 Å². The van der Waals surface area contributed by atoms with Crippen molar-refractivity contribution in [1.29, 1.82) is 0 Å². The van der Waals surface area contributed by atoms with Crippen LogP contribution >= 0.6 is 0 Å². The number of ether oxygens (including phenoxy) is 3. The molecule has 0 aliphatic carbocycles. The highest BCUT2D eigenvalue weighted by Gasteiger charge is 2.31. The molecule has 1 heterocycles. The van der Waals surface area contributed by atoms with Gasteiger partial charge in [-0.05, 0) is 48.9 Å². The van der Waals surface area contributed by atoms with E-state index >= 15 is 0 Å². The smallest absolute Gasteiger partial charge is 0.406 e. The average Bonchev–Trinajstić information content (AvgIpc) is 2.71. The predicted molar refractivity (Wildman–Crippen MR) is 105 cm³/mol. The van der Waals surface area contributed by atoms with Crippen LogP contribution in [-0.4, -0.2) is 19.6 Å². The van der Waals surface area contributed by atoms with Gasteiger partial charge >= 0.3 is 6.36 Å². The number of benzene rings is 2. The van der Waals surface area contributed by atoms with Crippen LogP contribution in [0.15, 0.2) is 61.2 Å². The fourth-order valence-electron chi connectivity index (χ4n) is 3.29. The van der Waals surface area contributed by atoms with Crippen LogP contribution in [0.25, 0.3) is 0 Å². The zero-order chi connectivity index (χ0) is 20.7. The summed E-state index contributed by atoms with van der Waals surface area (Å²) in [4.78, 5) is 0. The Bertz CT molecular complexity index is 761. The molecule has 0 saturated carbocycles. The average molecular weight is 406 g/mol. The number of hydrogen-bond donors (Lipinski definition) is 0. The lowest BCUT2D eigenvalue weighted by molar-refractivity contribution is -0.274. The molecule has 2 aromatic carbocycles. The minimum Gasteiger partial charge on any atom is -0.406 e. The lowest BCUT2D eigenvalue weighted by atomic mass is 9.99. The van der Waals surface area contributed by atoms with Crippen LogP contribution in [-0.2, 0) is 15.9 Å². The highest BCUT2D eigenvalue weighted by molar-refractivity contribution is 5.30.